The van der Waals surface area contributed by atoms with Crippen molar-refractivity contribution in [2.75, 3.05) is 11.9 Å². The number of carbonyl (C=O) groups is 4. The first-order valence-corrected chi connectivity index (χ1v) is 9.08. The van der Waals surface area contributed by atoms with E-state index >= 15 is 0 Å². The van der Waals surface area contributed by atoms with E-state index in [4.69, 9.17) is 17.3 Å². The molecule has 27 heavy (non-hydrogen) atoms. The van der Waals surface area contributed by atoms with E-state index in [9.17, 15) is 24.3 Å². The summed E-state index contributed by atoms with van der Waals surface area (Å²) in [5.41, 5.74) is 1.39. The average molecular weight is 406 g/mol. The lowest BCUT2D eigenvalue weighted by Crippen LogP contribution is -2.44. The third-order valence-corrected chi connectivity index (χ3v) is 5.71. The third-order valence-electron chi connectivity index (χ3n) is 4.31. The summed E-state index contributed by atoms with van der Waals surface area (Å²) in [5, 5.41) is 18.3. The number of hydrogen-bond acceptors (Lipinski definition) is 6. The predicted molar refractivity (Wildman–Crippen MR) is 102 cm³/mol. The number of carboxylic acids is 2. The van der Waals surface area contributed by atoms with Crippen LogP contribution in [0.2, 0.25) is 0 Å². The molecule has 0 bridgehead atoms. The van der Waals surface area contributed by atoms with E-state index in [1.165, 1.54) is 4.90 Å². The molecule has 0 radical (unpaired) electrons. The largest absolute Gasteiger partial charge is 0.481 e. The molecule has 2 aliphatic rings. The summed E-state index contributed by atoms with van der Waals surface area (Å²) in [7, 11) is 1.59. The summed E-state index contributed by atoms with van der Waals surface area (Å²) < 4.78 is -0.0138. The van der Waals surface area contributed by atoms with Gasteiger partial charge in [0.2, 0.25) is 0 Å². The molecule has 3 rings (SSSR count). The fourth-order valence-corrected chi connectivity index (χ4v) is 4.44. The molecule has 10 heteroatoms. The number of benzene rings is 1. The first kappa shape index (κ1) is 19.1. The molecule has 1 aromatic carbocycles. The number of rotatable bonds is 5. The molecule has 2 amide bonds. The summed E-state index contributed by atoms with van der Waals surface area (Å²) in [6, 6.07) is 5.55. The summed E-state index contributed by atoms with van der Waals surface area (Å²) >= 11 is 6.03. The molecular formula is C17H14N2O6S2. The number of para-hydroxylation sites is 1. The lowest BCUT2D eigenvalue weighted by Gasteiger charge is -2.22. The second-order valence-electron chi connectivity index (χ2n) is 5.92. The normalized spacial score (nSPS) is 20.3. The Hall–Kier alpha value is -2.72. The highest BCUT2D eigenvalue weighted by Gasteiger charge is 2.45. The van der Waals surface area contributed by atoms with Crippen molar-refractivity contribution in [2.45, 2.75) is 18.9 Å². The fourth-order valence-electron chi connectivity index (χ4n) is 3.01. The van der Waals surface area contributed by atoms with Crippen LogP contribution in [0.15, 0.2) is 29.2 Å². The molecule has 2 aliphatic heterocycles. The SMILES string of the molecule is CN1C(=O)/C(=C2/SC(=S)N([C@H](CCC(=O)O)C(=O)O)C2=O)c2ccccc21. The van der Waals surface area contributed by atoms with Gasteiger partial charge in [-0.05, 0) is 12.5 Å². The highest BCUT2D eigenvalue weighted by Crippen LogP contribution is 2.44. The van der Waals surface area contributed by atoms with Crippen LogP contribution < -0.4 is 4.90 Å². The number of thiocarbonyl (C=S) groups is 1. The van der Waals surface area contributed by atoms with Gasteiger partial charge in [-0.25, -0.2) is 4.79 Å². The van der Waals surface area contributed by atoms with Gasteiger partial charge in [0.15, 0.2) is 0 Å². The number of aliphatic carboxylic acids is 2. The third kappa shape index (κ3) is 3.21. The van der Waals surface area contributed by atoms with E-state index in [1.54, 1.807) is 31.3 Å². The minimum Gasteiger partial charge on any atom is -0.481 e. The quantitative estimate of drug-likeness (QED) is 0.559. The van der Waals surface area contributed by atoms with Gasteiger partial charge in [-0.2, -0.15) is 0 Å². The Bertz CT molecular complexity index is 926. The number of carboxylic acid groups (broad SMARTS) is 2. The number of hydrogen-bond donors (Lipinski definition) is 2. The number of likely N-dealkylation sites (N-methyl/N-ethyl adjacent to an activating group) is 1. The van der Waals surface area contributed by atoms with Crippen molar-refractivity contribution in [3.63, 3.8) is 0 Å². The van der Waals surface area contributed by atoms with E-state index in [-0.39, 0.29) is 27.1 Å². The summed E-state index contributed by atoms with van der Waals surface area (Å²) in [6.45, 7) is 0. The molecule has 2 heterocycles. The van der Waals surface area contributed by atoms with Crippen LogP contribution in [0, 0.1) is 0 Å². The number of carbonyl (C=O) groups excluding carboxylic acids is 2. The lowest BCUT2D eigenvalue weighted by molar-refractivity contribution is -0.146. The zero-order chi connectivity index (χ0) is 19.9. The molecule has 0 unspecified atom stereocenters. The van der Waals surface area contributed by atoms with Crippen molar-refractivity contribution in [3.05, 3.63) is 34.7 Å². The van der Waals surface area contributed by atoms with Gasteiger partial charge in [0.25, 0.3) is 11.8 Å². The highest BCUT2D eigenvalue weighted by atomic mass is 32.2. The Morgan fingerprint density at radius 1 is 1.19 bits per heavy atom. The first-order valence-electron chi connectivity index (χ1n) is 7.85. The van der Waals surface area contributed by atoms with Gasteiger partial charge in [-0.3, -0.25) is 19.3 Å². The molecule has 1 aromatic rings. The smallest absolute Gasteiger partial charge is 0.326 e. The van der Waals surface area contributed by atoms with Gasteiger partial charge < -0.3 is 15.1 Å². The Morgan fingerprint density at radius 3 is 2.48 bits per heavy atom. The Morgan fingerprint density at radius 2 is 1.85 bits per heavy atom. The minimum atomic E-state index is -1.41. The molecule has 1 atom stereocenters. The maximum atomic E-state index is 12.9. The van der Waals surface area contributed by atoms with Crippen molar-refractivity contribution in [1.82, 2.24) is 4.90 Å². The van der Waals surface area contributed by atoms with Crippen LogP contribution in [0.5, 0.6) is 0 Å². The standard InChI is InChI=1S/C17H14N2O6S2/c1-18-9-5-3-2-4-8(9)12(14(18)22)13-15(23)19(17(26)27-13)10(16(24)25)6-7-11(20)21/h2-5,10H,6-7H2,1H3,(H,20,21)(H,24,25)/b13-12+/t10-/m1/s1. The summed E-state index contributed by atoms with van der Waals surface area (Å²) in [4.78, 5) is 50.4. The van der Waals surface area contributed by atoms with Crippen LogP contribution >= 0.6 is 24.0 Å². The first-order chi connectivity index (χ1) is 12.7. The molecular weight excluding hydrogens is 392 g/mol. The summed E-state index contributed by atoms with van der Waals surface area (Å²) in [6.07, 6.45) is -0.714. The molecule has 0 aliphatic carbocycles. The topological polar surface area (TPSA) is 115 Å². The molecule has 8 nitrogen and oxygen atoms in total. The van der Waals surface area contributed by atoms with Gasteiger partial charge in [-0.15, -0.1) is 0 Å². The van der Waals surface area contributed by atoms with E-state index in [1.807, 2.05) is 0 Å². The maximum absolute atomic E-state index is 12.9. The van der Waals surface area contributed by atoms with E-state index in [0.29, 0.717) is 11.3 Å². The van der Waals surface area contributed by atoms with E-state index in [0.717, 1.165) is 16.7 Å². The Labute approximate surface area is 163 Å². The zero-order valence-corrected chi connectivity index (χ0v) is 15.7. The van der Waals surface area contributed by atoms with Crippen LogP contribution in [0.25, 0.3) is 5.57 Å². The van der Waals surface area contributed by atoms with E-state index < -0.39 is 30.3 Å². The molecule has 1 saturated heterocycles. The molecule has 2 N–H and O–H groups in total. The average Bonchev–Trinajstić information content (AvgIpc) is 3.03. The molecule has 1 fully saturated rings. The molecule has 0 spiro atoms. The minimum absolute atomic E-state index is 0.0138. The lowest BCUT2D eigenvalue weighted by atomic mass is 10.1. The second-order valence-corrected chi connectivity index (χ2v) is 7.56. The fraction of sp³-hybridized carbons (Fsp3) is 0.235. The van der Waals surface area contributed by atoms with Crippen LogP contribution in [0.1, 0.15) is 18.4 Å². The van der Waals surface area contributed by atoms with Gasteiger partial charge >= 0.3 is 11.9 Å². The molecule has 0 saturated carbocycles. The van der Waals surface area contributed by atoms with Gasteiger partial charge in [0.05, 0.1) is 16.2 Å². The van der Waals surface area contributed by atoms with Crippen LogP contribution in [0.4, 0.5) is 5.69 Å². The number of nitrogens with zero attached hydrogens (tertiary/aromatic N) is 2. The number of amides is 2. The number of anilines is 1. The van der Waals surface area contributed by atoms with Crippen molar-refractivity contribution >= 4 is 63.3 Å². The van der Waals surface area contributed by atoms with Crippen molar-refractivity contribution in [1.29, 1.82) is 0 Å². The van der Waals surface area contributed by atoms with E-state index in [2.05, 4.69) is 0 Å². The predicted octanol–water partition coefficient (Wildman–Crippen LogP) is 1.55. The number of fused-ring (bicyclic) bond motifs is 1. The number of thioether (sulfide) groups is 1. The zero-order valence-electron chi connectivity index (χ0n) is 14.0. The van der Waals surface area contributed by atoms with Crippen molar-refractivity contribution < 1.29 is 29.4 Å². The summed E-state index contributed by atoms with van der Waals surface area (Å²) in [5.74, 6) is -3.61. The molecule has 140 valence electrons. The maximum Gasteiger partial charge on any atom is 0.326 e. The molecule has 0 aromatic heterocycles. The Kier molecular flexibility index (Phi) is 5.03. The van der Waals surface area contributed by atoms with Gasteiger partial charge in [0, 0.05) is 19.0 Å². The monoisotopic (exact) mass is 406 g/mol. The van der Waals surface area contributed by atoms with Gasteiger partial charge in [0.1, 0.15) is 10.4 Å². The van der Waals surface area contributed by atoms with Gasteiger partial charge in [-0.1, -0.05) is 42.2 Å². The van der Waals surface area contributed by atoms with Crippen LogP contribution in [-0.4, -0.2) is 56.3 Å². The second kappa shape index (κ2) is 7.12. The van der Waals surface area contributed by atoms with Crippen molar-refractivity contribution in [2.24, 2.45) is 0 Å². The van der Waals surface area contributed by atoms with Crippen LogP contribution in [-0.2, 0) is 19.2 Å². The van der Waals surface area contributed by atoms with Crippen molar-refractivity contribution in [3.8, 4) is 0 Å². The highest BCUT2D eigenvalue weighted by molar-refractivity contribution is 8.26. The van der Waals surface area contributed by atoms with Crippen LogP contribution in [0.3, 0.4) is 0 Å². The Balaban J connectivity index is 2.03.